The first-order valence-electron chi connectivity index (χ1n) is 11.4. The third kappa shape index (κ3) is 6.00. The second-order valence-electron chi connectivity index (χ2n) is 7.92. The Morgan fingerprint density at radius 1 is 1.11 bits per heavy atom. The molecule has 3 aromatic carbocycles. The highest BCUT2D eigenvalue weighted by atomic mass is 32.2. The number of hydrogen-bond donors (Lipinski definition) is 1. The SMILES string of the molecule is CCOc1cc(/C=C2\SC(=Nc3cccc(C(=O)O)c3)N(C)C2=O)ccc1OCc1ccccc1C#N. The Labute approximate surface area is 218 Å². The molecule has 186 valence electrons. The van der Waals surface area contributed by atoms with Gasteiger partial charge in [0.05, 0.1) is 34.4 Å². The van der Waals surface area contributed by atoms with Crippen LogP contribution in [0.5, 0.6) is 11.5 Å². The van der Waals surface area contributed by atoms with Gasteiger partial charge in [0, 0.05) is 12.6 Å². The lowest BCUT2D eigenvalue weighted by atomic mass is 10.1. The molecule has 9 heteroatoms. The van der Waals surface area contributed by atoms with Crippen LogP contribution in [0.4, 0.5) is 5.69 Å². The molecule has 1 fully saturated rings. The van der Waals surface area contributed by atoms with E-state index >= 15 is 0 Å². The van der Waals surface area contributed by atoms with Gasteiger partial charge in [-0.2, -0.15) is 5.26 Å². The van der Waals surface area contributed by atoms with Gasteiger partial charge in [0.2, 0.25) is 0 Å². The van der Waals surface area contributed by atoms with Crippen LogP contribution in [0.2, 0.25) is 0 Å². The van der Waals surface area contributed by atoms with Crippen LogP contribution in [0.3, 0.4) is 0 Å². The zero-order chi connectivity index (χ0) is 26.4. The molecule has 0 saturated carbocycles. The number of amidine groups is 1. The topological polar surface area (TPSA) is 112 Å². The molecular weight excluding hydrogens is 490 g/mol. The number of benzene rings is 3. The molecule has 0 aliphatic carbocycles. The first-order valence-corrected chi connectivity index (χ1v) is 12.2. The van der Waals surface area contributed by atoms with E-state index < -0.39 is 5.97 Å². The summed E-state index contributed by atoms with van der Waals surface area (Å²) in [6.45, 7) is 2.51. The molecule has 0 atom stereocenters. The van der Waals surface area contributed by atoms with Crippen LogP contribution < -0.4 is 9.47 Å². The molecule has 0 unspecified atom stereocenters. The van der Waals surface area contributed by atoms with E-state index in [0.717, 1.165) is 11.1 Å². The number of carbonyl (C=O) groups excluding carboxylic acids is 1. The Hall–Kier alpha value is -4.55. The van der Waals surface area contributed by atoms with Crippen LogP contribution in [0.1, 0.15) is 34.0 Å². The van der Waals surface area contributed by atoms with E-state index in [9.17, 15) is 20.0 Å². The summed E-state index contributed by atoms with van der Waals surface area (Å²) >= 11 is 1.20. The lowest BCUT2D eigenvalue weighted by molar-refractivity contribution is -0.121. The van der Waals surface area contributed by atoms with Gasteiger partial charge in [0.25, 0.3) is 5.91 Å². The van der Waals surface area contributed by atoms with Crippen LogP contribution >= 0.6 is 11.8 Å². The van der Waals surface area contributed by atoms with Crippen molar-refractivity contribution in [2.75, 3.05) is 13.7 Å². The largest absolute Gasteiger partial charge is 0.490 e. The zero-order valence-corrected chi connectivity index (χ0v) is 21.0. The lowest BCUT2D eigenvalue weighted by Gasteiger charge is -2.13. The zero-order valence-electron chi connectivity index (χ0n) is 20.2. The quantitative estimate of drug-likeness (QED) is 0.398. The molecule has 1 aliphatic rings. The van der Waals surface area contributed by atoms with Crippen LogP contribution in [-0.4, -0.2) is 40.7 Å². The van der Waals surface area contributed by atoms with E-state index in [1.807, 2.05) is 25.1 Å². The fourth-order valence-electron chi connectivity index (χ4n) is 3.53. The summed E-state index contributed by atoms with van der Waals surface area (Å²) in [5.74, 6) is -0.211. The van der Waals surface area contributed by atoms with Gasteiger partial charge in [0.1, 0.15) is 6.61 Å². The molecule has 1 N–H and O–H groups in total. The number of carboxylic acid groups (broad SMARTS) is 1. The third-order valence-corrected chi connectivity index (χ3v) is 6.47. The number of amides is 1. The molecule has 0 spiro atoms. The molecule has 4 rings (SSSR count). The van der Waals surface area contributed by atoms with Gasteiger partial charge in [-0.1, -0.05) is 30.3 Å². The Morgan fingerprint density at radius 3 is 2.68 bits per heavy atom. The highest BCUT2D eigenvalue weighted by Gasteiger charge is 2.30. The molecule has 3 aromatic rings. The standard InChI is InChI=1S/C28H23N3O5S/c1-3-35-24-13-18(11-12-23(24)36-17-21-8-5-4-7-20(21)16-29)14-25-26(32)31(2)28(37-25)30-22-10-6-9-19(15-22)27(33)34/h4-15H,3,17H2,1-2H3,(H,33,34)/b25-14-,30-28?. The summed E-state index contributed by atoms with van der Waals surface area (Å²) in [7, 11) is 1.62. The van der Waals surface area contributed by atoms with Gasteiger partial charge in [-0.05, 0) is 66.7 Å². The Bertz CT molecular complexity index is 1460. The van der Waals surface area contributed by atoms with Crippen LogP contribution in [0, 0.1) is 11.3 Å². The summed E-state index contributed by atoms with van der Waals surface area (Å²) in [6.07, 6.45) is 1.75. The summed E-state index contributed by atoms with van der Waals surface area (Å²) in [5.41, 5.74) is 2.63. The number of ether oxygens (including phenoxy) is 2. The molecule has 1 aliphatic heterocycles. The van der Waals surface area contributed by atoms with Gasteiger partial charge < -0.3 is 14.6 Å². The highest BCUT2D eigenvalue weighted by Crippen LogP contribution is 2.35. The summed E-state index contributed by atoms with van der Waals surface area (Å²) in [6, 6.07) is 21.0. The maximum atomic E-state index is 12.9. The van der Waals surface area contributed by atoms with Crippen molar-refractivity contribution in [2.24, 2.45) is 4.99 Å². The second kappa shape index (κ2) is 11.5. The van der Waals surface area contributed by atoms with E-state index in [2.05, 4.69) is 11.1 Å². The Balaban J connectivity index is 1.56. The molecule has 1 heterocycles. The van der Waals surface area contributed by atoms with Crippen molar-refractivity contribution >= 4 is 40.6 Å². The van der Waals surface area contributed by atoms with Crippen molar-refractivity contribution in [3.05, 3.63) is 93.9 Å². The van der Waals surface area contributed by atoms with Crippen LogP contribution in [-0.2, 0) is 11.4 Å². The number of nitrogens with zero attached hydrogens (tertiary/aromatic N) is 3. The smallest absolute Gasteiger partial charge is 0.335 e. The summed E-state index contributed by atoms with van der Waals surface area (Å²) in [4.78, 5) is 30.5. The Morgan fingerprint density at radius 2 is 1.92 bits per heavy atom. The van der Waals surface area contributed by atoms with E-state index in [1.54, 1.807) is 49.5 Å². The summed E-state index contributed by atoms with van der Waals surface area (Å²) in [5, 5.41) is 19.0. The first kappa shape index (κ1) is 25.5. The van der Waals surface area contributed by atoms with Crippen LogP contribution in [0.25, 0.3) is 6.08 Å². The van der Waals surface area contributed by atoms with Gasteiger partial charge >= 0.3 is 5.97 Å². The number of carboxylic acids is 1. The van der Waals surface area contributed by atoms with Gasteiger partial charge in [0.15, 0.2) is 16.7 Å². The van der Waals surface area contributed by atoms with Gasteiger partial charge in [-0.25, -0.2) is 9.79 Å². The second-order valence-corrected chi connectivity index (χ2v) is 8.93. The average molecular weight is 514 g/mol. The highest BCUT2D eigenvalue weighted by molar-refractivity contribution is 8.18. The molecule has 0 bridgehead atoms. The molecule has 1 amide bonds. The number of hydrogen-bond acceptors (Lipinski definition) is 7. The fraction of sp³-hybridized carbons (Fsp3) is 0.143. The van der Waals surface area contributed by atoms with Crippen molar-refractivity contribution in [3.8, 4) is 17.6 Å². The average Bonchev–Trinajstić information content (AvgIpc) is 3.16. The first-order chi connectivity index (χ1) is 17.9. The number of aliphatic imine (C=N–C) groups is 1. The third-order valence-electron chi connectivity index (χ3n) is 5.41. The van der Waals surface area contributed by atoms with E-state index in [0.29, 0.717) is 39.4 Å². The number of nitriles is 1. The summed E-state index contributed by atoms with van der Waals surface area (Å²) < 4.78 is 11.7. The minimum atomic E-state index is -1.04. The predicted octanol–water partition coefficient (Wildman–Crippen LogP) is 5.47. The van der Waals surface area contributed by atoms with Crippen molar-refractivity contribution in [3.63, 3.8) is 0 Å². The lowest BCUT2D eigenvalue weighted by Crippen LogP contribution is -2.23. The van der Waals surface area contributed by atoms with Crippen molar-refractivity contribution in [1.29, 1.82) is 5.26 Å². The minimum absolute atomic E-state index is 0.122. The van der Waals surface area contributed by atoms with Gasteiger partial charge in [-0.3, -0.25) is 9.69 Å². The van der Waals surface area contributed by atoms with Crippen molar-refractivity contribution in [2.45, 2.75) is 13.5 Å². The Kier molecular flexibility index (Phi) is 7.91. The fourth-order valence-corrected chi connectivity index (χ4v) is 4.52. The molecule has 37 heavy (non-hydrogen) atoms. The van der Waals surface area contributed by atoms with Crippen molar-refractivity contribution in [1.82, 2.24) is 4.90 Å². The molecule has 0 aromatic heterocycles. The number of aromatic carboxylic acids is 1. The monoisotopic (exact) mass is 513 g/mol. The number of thioether (sulfide) groups is 1. The molecule has 8 nitrogen and oxygen atoms in total. The number of likely N-dealkylation sites (N-methyl/N-ethyl adjacent to an activating group) is 1. The van der Waals surface area contributed by atoms with Gasteiger partial charge in [-0.15, -0.1) is 0 Å². The minimum Gasteiger partial charge on any atom is -0.490 e. The number of carbonyl (C=O) groups is 2. The maximum absolute atomic E-state index is 12.9. The molecule has 1 saturated heterocycles. The van der Waals surface area contributed by atoms with E-state index in [4.69, 9.17) is 9.47 Å². The number of rotatable bonds is 8. The molecular formula is C28H23N3O5S. The van der Waals surface area contributed by atoms with E-state index in [1.165, 1.54) is 28.8 Å². The molecule has 0 radical (unpaired) electrons. The predicted molar refractivity (Wildman–Crippen MR) is 142 cm³/mol. The van der Waals surface area contributed by atoms with Crippen LogP contribution in [0.15, 0.2) is 76.6 Å². The van der Waals surface area contributed by atoms with Crippen molar-refractivity contribution < 1.29 is 24.2 Å². The normalized spacial score (nSPS) is 15.2. The van der Waals surface area contributed by atoms with E-state index in [-0.39, 0.29) is 18.1 Å². The maximum Gasteiger partial charge on any atom is 0.335 e.